The summed E-state index contributed by atoms with van der Waals surface area (Å²) in [6.07, 6.45) is 4.00. The summed E-state index contributed by atoms with van der Waals surface area (Å²) in [5, 5.41) is 0. The molecule has 5 heteroatoms. The lowest BCUT2D eigenvalue weighted by molar-refractivity contribution is -0.155. The third-order valence-electron chi connectivity index (χ3n) is 4.29. The third-order valence-corrected chi connectivity index (χ3v) is 4.53. The molecule has 1 spiro atoms. The molecule has 2 heterocycles. The number of benzene rings is 1. The van der Waals surface area contributed by atoms with Crippen LogP contribution in [0.25, 0.3) is 0 Å². The molecule has 2 aliphatic heterocycles. The number of hydrogen-bond acceptors (Lipinski definition) is 4. The van der Waals surface area contributed by atoms with E-state index in [1.54, 1.807) is 0 Å². The van der Waals surface area contributed by atoms with Crippen molar-refractivity contribution in [2.45, 2.75) is 37.4 Å². The molecule has 0 saturated carbocycles. The van der Waals surface area contributed by atoms with Crippen molar-refractivity contribution in [2.75, 3.05) is 19.8 Å². The first kappa shape index (κ1) is 14.8. The Morgan fingerprint density at radius 3 is 2.57 bits per heavy atom. The Morgan fingerprint density at radius 1 is 1.19 bits per heavy atom. The van der Waals surface area contributed by atoms with E-state index in [2.05, 4.69) is 0 Å². The van der Waals surface area contributed by atoms with Crippen LogP contribution in [0.15, 0.2) is 24.3 Å². The SMILES string of the molecule is NC(=S)c1ccc(OC2CCOC3(CCOCC3)C2)cc1. The molecule has 21 heavy (non-hydrogen) atoms. The fraction of sp³-hybridized carbons (Fsp3) is 0.562. The van der Waals surface area contributed by atoms with Crippen LogP contribution in [-0.2, 0) is 9.47 Å². The smallest absolute Gasteiger partial charge is 0.119 e. The summed E-state index contributed by atoms with van der Waals surface area (Å²) in [4.78, 5) is 0.411. The molecule has 2 fully saturated rings. The fourth-order valence-electron chi connectivity index (χ4n) is 3.07. The molecule has 0 aromatic heterocycles. The predicted octanol–water partition coefficient (Wildman–Crippen LogP) is 2.43. The highest BCUT2D eigenvalue weighted by Gasteiger charge is 2.39. The van der Waals surface area contributed by atoms with Gasteiger partial charge in [0.05, 0.1) is 12.2 Å². The second-order valence-corrected chi connectivity index (χ2v) is 6.20. The van der Waals surface area contributed by atoms with Crippen molar-refractivity contribution >= 4 is 17.2 Å². The van der Waals surface area contributed by atoms with Crippen molar-refractivity contribution in [2.24, 2.45) is 5.73 Å². The van der Waals surface area contributed by atoms with E-state index in [1.165, 1.54) is 0 Å². The van der Waals surface area contributed by atoms with Gasteiger partial charge in [-0.2, -0.15) is 0 Å². The average molecular weight is 307 g/mol. The van der Waals surface area contributed by atoms with Gasteiger partial charge in [-0.05, 0) is 37.1 Å². The normalized spacial score (nSPS) is 24.7. The number of rotatable bonds is 3. The van der Waals surface area contributed by atoms with Crippen molar-refractivity contribution < 1.29 is 14.2 Å². The molecule has 3 rings (SSSR count). The van der Waals surface area contributed by atoms with Crippen molar-refractivity contribution in [1.29, 1.82) is 0 Å². The van der Waals surface area contributed by atoms with Gasteiger partial charge in [0.15, 0.2) is 0 Å². The van der Waals surface area contributed by atoms with Crippen LogP contribution in [0.3, 0.4) is 0 Å². The summed E-state index contributed by atoms with van der Waals surface area (Å²) in [5.41, 5.74) is 6.43. The second kappa shape index (κ2) is 6.30. The maximum Gasteiger partial charge on any atom is 0.119 e. The zero-order valence-corrected chi connectivity index (χ0v) is 12.9. The monoisotopic (exact) mass is 307 g/mol. The quantitative estimate of drug-likeness (QED) is 0.869. The van der Waals surface area contributed by atoms with E-state index < -0.39 is 0 Å². The van der Waals surface area contributed by atoms with Crippen molar-refractivity contribution in [3.8, 4) is 5.75 Å². The first-order valence-corrected chi connectivity index (χ1v) is 7.86. The molecule has 0 bridgehead atoms. The minimum atomic E-state index is -0.0417. The molecule has 2 N–H and O–H groups in total. The molecule has 0 aliphatic carbocycles. The van der Waals surface area contributed by atoms with E-state index >= 15 is 0 Å². The van der Waals surface area contributed by atoms with Gasteiger partial charge in [0.2, 0.25) is 0 Å². The average Bonchev–Trinajstić information content (AvgIpc) is 2.49. The number of thiocarbonyl (C=S) groups is 1. The second-order valence-electron chi connectivity index (χ2n) is 5.77. The van der Waals surface area contributed by atoms with E-state index in [0.717, 1.165) is 56.8 Å². The summed E-state index contributed by atoms with van der Waals surface area (Å²) in [7, 11) is 0. The van der Waals surface area contributed by atoms with Gasteiger partial charge in [0.1, 0.15) is 16.8 Å². The molecular formula is C16H21NO3S. The molecule has 0 amide bonds. The van der Waals surface area contributed by atoms with Gasteiger partial charge in [-0.1, -0.05) is 12.2 Å². The van der Waals surface area contributed by atoms with Crippen LogP contribution >= 0.6 is 12.2 Å². The van der Waals surface area contributed by atoms with Crippen LogP contribution in [0, 0.1) is 0 Å². The highest BCUT2D eigenvalue weighted by atomic mass is 32.1. The number of hydrogen-bond donors (Lipinski definition) is 1. The van der Waals surface area contributed by atoms with Gasteiger partial charge in [0.25, 0.3) is 0 Å². The molecule has 2 aliphatic rings. The minimum absolute atomic E-state index is 0.0417. The summed E-state index contributed by atoms with van der Waals surface area (Å²) in [6.45, 7) is 2.33. The van der Waals surface area contributed by atoms with Crippen molar-refractivity contribution in [1.82, 2.24) is 0 Å². The summed E-state index contributed by atoms with van der Waals surface area (Å²) in [5.74, 6) is 0.865. The van der Waals surface area contributed by atoms with Crippen LogP contribution in [0.4, 0.5) is 0 Å². The lowest BCUT2D eigenvalue weighted by Crippen LogP contribution is -2.47. The molecule has 4 nitrogen and oxygen atoms in total. The lowest BCUT2D eigenvalue weighted by Gasteiger charge is -2.43. The Kier molecular flexibility index (Phi) is 4.42. The van der Waals surface area contributed by atoms with E-state index in [-0.39, 0.29) is 11.7 Å². The topological polar surface area (TPSA) is 53.7 Å². The van der Waals surface area contributed by atoms with E-state index in [9.17, 15) is 0 Å². The summed E-state index contributed by atoms with van der Waals surface area (Å²) in [6, 6.07) is 7.67. The van der Waals surface area contributed by atoms with Crippen LogP contribution in [0.2, 0.25) is 0 Å². The zero-order valence-electron chi connectivity index (χ0n) is 12.0. The molecule has 1 aromatic rings. The van der Waals surface area contributed by atoms with Gasteiger partial charge >= 0.3 is 0 Å². The van der Waals surface area contributed by atoms with Gasteiger partial charge < -0.3 is 19.9 Å². The standard InChI is InChI=1S/C16H21NO3S/c17-15(21)12-1-3-13(4-2-12)20-14-5-8-19-16(11-14)6-9-18-10-7-16/h1-4,14H,5-11H2,(H2,17,21). The van der Waals surface area contributed by atoms with Crippen LogP contribution < -0.4 is 10.5 Å². The van der Waals surface area contributed by atoms with Crippen molar-refractivity contribution in [3.63, 3.8) is 0 Å². The molecule has 0 radical (unpaired) electrons. The maximum absolute atomic E-state index is 6.11. The van der Waals surface area contributed by atoms with Crippen molar-refractivity contribution in [3.05, 3.63) is 29.8 Å². The molecule has 2 saturated heterocycles. The van der Waals surface area contributed by atoms with Gasteiger partial charge in [-0.3, -0.25) is 0 Å². The Morgan fingerprint density at radius 2 is 1.90 bits per heavy atom. The highest BCUT2D eigenvalue weighted by molar-refractivity contribution is 7.80. The minimum Gasteiger partial charge on any atom is -0.490 e. The number of ether oxygens (including phenoxy) is 3. The first-order valence-electron chi connectivity index (χ1n) is 7.45. The predicted molar refractivity (Wildman–Crippen MR) is 84.7 cm³/mol. The van der Waals surface area contributed by atoms with Gasteiger partial charge in [-0.25, -0.2) is 0 Å². The maximum atomic E-state index is 6.11. The van der Waals surface area contributed by atoms with Crippen LogP contribution in [0.5, 0.6) is 5.75 Å². The first-order chi connectivity index (χ1) is 10.2. The van der Waals surface area contributed by atoms with Gasteiger partial charge in [-0.15, -0.1) is 0 Å². The Hall–Kier alpha value is -1.17. The molecule has 1 aromatic carbocycles. The fourth-order valence-corrected chi connectivity index (χ4v) is 3.20. The summed E-state index contributed by atoms with van der Waals surface area (Å²) >= 11 is 4.96. The Bertz CT molecular complexity index is 491. The zero-order chi connectivity index (χ0) is 14.7. The lowest BCUT2D eigenvalue weighted by atomic mass is 9.85. The van der Waals surface area contributed by atoms with Gasteiger partial charge in [0, 0.05) is 31.6 Å². The van der Waals surface area contributed by atoms with E-state index in [1.807, 2.05) is 24.3 Å². The largest absolute Gasteiger partial charge is 0.490 e. The Labute approximate surface area is 130 Å². The van der Waals surface area contributed by atoms with E-state index in [0.29, 0.717) is 4.99 Å². The molecular weight excluding hydrogens is 286 g/mol. The molecule has 1 atom stereocenters. The highest BCUT2D eigenvalue weighted by Crippen LogP contribution is 2.35. The number of nitrogens with two attached hydrogens (primary N) is 1. The molecule has 1 unspecified atom stereocenters. The van der Waals surface area contributed by atoms with E-state index in [4.69, 9.17) is 32.2 Å². The summed E-state index contributed by atoms with van der Waals surface area (Å²) < 4.78 is 17.6. The van der Waals surface area contributed by atoms with Crippen LogP contribution in [-0.4, -0.2) is 36.5 Å². The van der Waals surface area contributed by atoms with Crippen LogP contribution in [0.1, 0.15) is 31.2 Å². The molecule has 114 valence electrons. The Balaban J connectivity index is 1.62. The third kappa shape index (κ3) is 3.54.